The van der Waals surface area contributed by atoms with Gasteiger partial charge in [0.2, 0.25) is 5.91 Å². The van der Waals surface area contributed by atoms with Crippen molar-refractivity contribution in [2.75, 3.05) is 26.7 Å². The Balaban J connectivity index is 0.00000312. The topological polar surface area (TPSA) is 56.7 Å². The first-order valence-electron chi connectivity index (χ1n) is 9.87. The third-order valence-corrected chi connectivity index (χ3v) is 5.13. The van der Waals surface area contributed by atoms with Crippen LogP contribution in [0.5, 0.6) is 0 Å². The monoisotopic (exact) mass is 464 g/mol. The van der Waals surface area contributed by atoms with E-state index >= 15 is 0 Å². The van der Waals surface area contributed by atoms with Gasteiger partial charge in [0.25, 0.3) is 0 Å². The number of guanidine groups is 1. The molecule has 0 radical (unpaired) electrons. The molecule has 6 heteroatoms. The van der Waals surface area contributed by atoms with Crippen LogP contribution in [0.15, 0.2) is 4.99 Å². The van der Waals surface area contributed by atoms with Crippen LogP contribution in [0.2, 0.25) is 0 Å². The van der Waals surface area contributed by atoms with Crippen molar-refractivity contribution < 1.29 is 4.79 Å². The van der Waals surface area contributed by atoms with Crippen molar-refractivity contribution in [3.05, 3.63) is 0 Å². The molecule has 0 atom stereocenters. The van der Waals surface area contributed by atoms with Gasteiger partial charge >= 0.3 is 0 Å². The average molecular weight is 464 g/mol. The van der Waals surface area contributed by atoms with Gasteiger partial charge in [-0.25, -0.2) is 0 Å². The Morgan fingerprint density at radius 1 is 1.16 bits per heavy atom. The summed E-state index contributed by atoms with van der Waals surface area (Å²) in [4.78, 5) is 18.7. The van der Waals surface area contributed by atoms with Gasteiger partial charge in [0.05, 0.1) is 0 Å². The Hall–Kier alpha value is -0.530. The Bertz CT molecular complexity index is 418. The van der Waals surface area contributed by atoms with E-state index in [0.29, 0.717) is 19.0 Å². The number of hydrogen-bond donors (Lipinski definition) is 2. The third kappa shape index (κ3) is 9.11. The van der Waals surface area contributed by atoms with Crippen LogP contribution in [0.1, 0.15) is 65.2 Å². The normalized spacial score (nSPS) is 23.6. The fourth-order valence-corrected chi connectivity index (χ4v) is 3.41. The molecule has 0 bridgehead atoms. The summed E-state index contributed by atoms with van der Waals surface area (Å²) >= 11 is 0. The standard InChI is InChI=1S/C19H36N4O.HI/c1-4-20-19(21-13-5-6-18(24)22-17-11-12-17)23(3)14-16-9-7-15(2)8-10-16;/h15-17H,4-14H2,1-3H3,(H,20,21)(H,22,24);1H. The summed E-state index contributed by atoms with van der Waals surface area (Å²) < 4.78 is 0. The highest BCUT2D eigenvalue weighted by molar-refractivity contribution is 14.0. The molecule has 2 aliphatic carbocycles. The minimum atomic E-state index is 0. The molecule has 0 aromatic heterocycles. The lowest BCUT2D eigenvalue weighted by Crippen LogP contribution is -2.42. The van der Waals surface area contributed by atoms with E-state index in [1.165, 1.54) is 25.7 Å². The minimum Gasteiger partial charge on any atom is -0.357 e. The van der Waals surface area contributed by atoms with Gasteiger partial charge in [0, 0.05) is 39.1 Å². The van der Waals surface area contributed by atoms with Crippen molar-refractivity contribution in [2.24, 2.45) is 16.8 Å². The quantitative estimate of drug-likeness (QED) is 0.251. The number of aliphatic imine (C=N–C) groups is 1. The smallest absolute Gasteiger partial charge is 0.220 e. The van der Waals surface area contributed by atoms with Gasteiger partial charge in [-0.05, 0) is 50.9 Å². The Kier molecular flexibility index (Phi) is 10.8. The molecule has 0 aromatic carbocycles. The lowest BCUT2D eigenvalue weighted by Gasteiger charge is -2.31. The van der Waals surface area contributed by atoms with Crippen LogP contribution in [0.25, 0.3) is 0 Å². The highest BCUT2D eigenvalue weighted by Gasteiger charge is 2.23. The molecular weight excluding hydrogens is 427 g/mol. The lowest BCUT2D eigenvalue weighted by molar-refractivity contribution is -0.121. The Morgan fingerprint density at radius 2 is 1.84 bits per heavy atom. The van der Waals surface area contributed by atoms with Crippen molar-refractivity contribution >= 4 is 35.8 Å². The lowest BCUT2D eigenvalue weighted by atomic mass is 9.83. The molecule has 25 heavy (non-hydrogen) atoms. The van der Waals surface area contributed by atoms with E-state index in [1.807, 2.05) is 0 Å². The summed E-state index contributed by atoms with van der Waals surface area (Å²) in [5.74, 6) is 2.86. The summed E-state index contributed by atoms with van der Waals surface area (Å²) in [6.45, 7) is 7.15. The Morgan fingerprint density at radius 3 is 2.44 bits per heavy atom. The molecule has 2 aliphatic rings. The van der Waals surface area contributed by atoms with Crippen molar-refractivity contribution in [1.82, 2.24) is 15.5 Å². The first-order valence-corrected chi connectivity index (χ1v) is 9.87. The second kappa shape index (κ2) is 12.0. The highest BCUT2D eigenvalue weighted by atomic mass is 127. The van der Waals surface area contributed by atoms with Crippen LogP contribution in [0, 0.1) is 11.8 Å². The zero-order chi connectivity index (χ0) is 17.4. The van der Waals surface area contributed by atoms with E-state index in [9.17, 15) is 4.79 Å². The number of halogens is 1. The third-order valence-electron chi connectivity index (χ3n) is 5.13. The number of rotatable bonds is 8. The molecule has 146 valence electrons. The Labute approximate surface area is 170 Å². The first-order chi connectivity index (χ1) is 11.6. The molecule has 2 N–H and O–H groups in total. The number of nitrogens with one attached hydrogen (secondary N) is 2. The summed E-state index contributed by atoms with van der Waals surface area (Å²) in [7, 11) is 2.14. The van der Waals surface area contributed by atoms with E-state index in [0.717, 1.165) is 50.1 Å². The molecule has 0 aliphatic heterocycles. The molecule has 2 saturated carbocycles. The van der Waals surface area contributed by atoms with Gasteiger partial charge in [-0.15, -0.1) is 24.0 Å². The molecular formula is C19H37IN4O. The number of nitrogens with zero attached hydrogens (tertiary/aromatic N) is 2. The number of carbonyl (C=O) groups excluding carboxylic acids is 1. The zero-order valence-corrected chi connectivity index (χ0v) is 18.6. The second-order valence-corrected chi connectivity index (χ2v) is 7.69. The predicted octanol–water partition coefficient (Wildman–Crippen LogP) is 3.39. The van der Waals surface area contributed by atoms with Crippen molar-refractivity contribution in [2.45, 2.75) is 71.3 Å². The van der Waals surface area contributed by atoms with Crippen molar-refractivity contribution in [3.63, 3.8) is 0 Å². The number of carbonyl (C=O) groups is 1. The van der Waals surface area contributed by atoms with Gasteiger partial charge in [-0.3, -0.25) is 9.79 Å². The fourth-order valence-electron chi connectivity index (χ4n) is 3.41. The van der Waals surface area contributed by atoms with Crippen molar-refractivity contribution in [1.29, 1.82) is 0 Å². The summed E-state index contributed by atoms with van der Waals surface area (Å²) in [6.07, 6.45) is 9.12. The van der Waals surface area contributed by atoms with Crippen LogP contribution < -0.4 is 10.6 Å². The maximum Gasteiger partial charge on any atom is 0.220 e. The van der Waals surface area contributed by atoms with E-state index < -0.39 is 0 Å². The summed E-state index contributed by atoms with van der Waals surface area (Å²) in [5.41, 5.74) is 0. The minimum absolute atomic E-state index is 0. The van der Waals surface area contributed by atoms with Gasteiger partial charge in [0.1, 0.15) is 0 Å². The molecule has 0 unspecified atom stereocenters. The zero-order valence-electron chi connectivity index (χ0n) is 16.2. The van der Waals surface area contributed by atoms with Gasteiger partial charge < -0.3 is 15.5 Å². The van der Waals surface area contributed by atoms with Gasteiger partial charge in [-0.2, -0.15) is 0 Å². The molecule has 0 heterocycles. The highest BCUT2D eigenvalue weighted by Crippen LogP contribution is 2.28. The van der Waals surface area contributed by atoms with Gasteiger partial charge in [0.15, 0.2) is 5.96 Å². The molecule has 0 saturated heterocycles. The second-order valence-electron chi connectivity index (χ2n) is 7.69. The molecule has 0 aromatic rings. The fraction of sp³-hybridized carbons (Fsp3) is 0.895. The molecule has 2 rings (SSSR count). The summed E-state index contributed by atoms with van der Waals surface area (Å²) in [6, 6.07) is 0.461. The molecule has 0 spiro atoms. The predicted molar refractivity (Wildman–Crippen MR) is 116 cm³/mol. The van der Waals surface area contributed by atoms with E-state index in [2.05, 4.69) is 36.4 Å². The maximum absolute atomic E-state index is 11.7. The van der Waals surface area contributed by atoms with Crippen LogP contribution in [0.4, 0.5) is 0 Å². The molecule has 5 nitrogen and oxygen atoms in total. The van der Waals surface area contributed by atoms with Crippen LogP contribution in [0.3, 0.4) is 0 Å². The number of amides is 1. The number of hydrogen-bond acceptors (Lipinski definition) is 2. The van der Waals surface area contributed by atoms with Crippen LogP contribution in [-0.2, 0) is 4.79 Å². The first kappa shape index (κ1) is 22.5. The average Bonchev–Trinajstić information content (AvgIpc) is 3.36. The van der Waals surface area contributed by atoms with Crippen molar-refractivity contribution in [3.8, 4) is 0 Å². The van der Waals surface area contributed by atoms with Crippen LogP contribution in [-0.4, -0.2) is 49.5 Å². The SMILES string of the molecule is CCNC(=NCCCC(=O)NC1CC1)N(C)CC1CCC(C)CC1.I. The largest absolute Gasteiger partial charge is 0.357 e. The summed E-state index contributed by atoms with van der Waals surface area (Å²) in [5, 5.41) is 6.42. The van der Waals surface area contributed by atoms with E-state index in [-0.39, 0.29) is 29.9 Å². The van der Waals surface area contributed by atoms with Gasteiger partial charge in [-0.1, -0.05) is 19.8 Å². The molecule has 2 fully saturated rings. The van der Waals surface area contributed by atoms with E-state index in [1.54, 1.807) is 0 Å². The maximum atomic E-state index is 11.7. The van der Waals surface area contributed by atoms with E-state index in [4.69, 9.17) is 4.99 Å². The van der Waals surface area contributed by atoms with Crippen LogP contribution >= 0.6 is 24.0 Å². The molecule has 1 amide bonds.